The Hall–Kier alpha value is -2.44. The van der Waals surface area contributed by atoms with E-state index in [1.54, 1.807) is 0 Å². The van der Waals surface area contributed by atoms with Gasteiger partial charge < -0.3 is 10.6 Å². The first-order valence-electron chi connectivity index (χ1n) is 8.77. The molecule has 0 aliphatic carbocycles. The van der Waals surface area contributed by atoms with E-state index in [4.69, 9.17) is 0 Å². The van der Waals surface area contributed by atoms with Crippen molar-refractivity contribution in [2.24, 2.45) is 20.2 Å². The van der Waals surface area contributed by atoms with Crippen LogP contribution in [0.15, 0.2) is 25.4 Å². The minimum absolute atomic E-state index is 0.260. The molecule has 1 aromatic heterocycles. The summed E-state index contributed by atoms with van der Waals surface area (Å²) in [6.45, 7) is 13.0. The Morgan fingerprint density at radius 2 is 1.43 bits per heavy atom. The van der Waals surface area contributed by atoms with Gasteiger partial charge in [0.2, 0.25) is 0 Å². The molecular weight excluding hydrogens is 389 g/mol. The molecule has 3 heterocycles. The second-order valence-electron chi connectivity index (χ2n) is 7.27. The lowest BCUT2D eigenvalue weighted by atomic mass is 10.0. The molecule has 0 saturated carbocycles. The largest absolute Gasteiger partial charge is 0.370 e. The third kappa shape index (κ3) is 5.78. The maximum atomic E-state index is 12.0. The van der Waals surface area contributed by atoms with Crippen LogP contribution in [0.1, 0.15) is 33.5 Å². The first-order valence-corrected chi connectivity index (χ1v) is 10.2. The molecule has 28 heavy (non-hydrogen) atoms. The number of aromatic amines is 1. The molecule has 3 N–H and O–H groups in total. The molecular formula is C15H26FN9O2S. The lowest BCUT2D eigenvalue weighted by molar-refractivity contribution is 0.542. The Morgan fingerprint density at radius 1 is 0.964 bits per heavy atom. The van der Waals surface area contributed by atoms with Crippen LogP contribution in [0.3, 0.4) is 0 Å². The first-order chi connectivity index (χ1) is 12.9. The number of amidine groups is 2. The van der Waals surface area contributed by atoms with Crippen LogP contribution in [0.5, 0.6) is 0 Å². The van der Waals surface area contributed by atoms with E-state index in [0.717, 1.165) is 37.9 Å². The lowest BCUT2D eigenvalue weighted by Gasteiger charge is -2.23. The lowest BCUT2D eigenvalue weighted by Crippen LogP contribution is -2.41. The summed E-state index contributed by atoms with van der Waals surface area (Å²) < 4.78 is 32.0. The number of rotatable bonds is 5. The smallest absolute Gasteiger partial charge is 0.369 e. The fourth-order valence-electron chi connectivity index (χ4n) is 2.39. The van der Waals surface area contributed by atoms with Crippen LogP contribution >= 0.6 is 0 Å². The SMILES string of the molecule is CC(C)(N=NC(C)(C)C1=NCCN1)C1=NCCN1.Cc1nc(S(=O)(=O)F)n[nH]1. The zero-order valence-electron chi connectivity index (χ0n) is 16.6. The van der Waals surface area contributed by atoms with Crippen molar-refractivity contribution in [3.05, 3.63) is 5.82 Å². The number of halogens is 1. The maximum Gasteiger partial charge on any atom is 0.369 e. The number of azo groups is 1. The zero-order chi connectivity index (χ0) is 21.0. The monoisotopic (exact) mass is 415 g/mol. The van der Waals surface area contributed by atoms with Crippen molar-refractivity contribution in [2.75, 3.05) is 26.2 Å². The number of aliphatic imine (C=N–C) groups is 2. The Balaban J connectivity index is 0.000000237. The molecule has 0 saturated heterocycles. The van der Waals surface area contributed by atoms with E-state index in [0.29, 0.717) is 0 Å². The van der Waals surface area contributed by atoms with Crippen molar-refractivity contribution in [3.63, 3.8) is 0 Å². The van der Waals surface area contributed by atoms with Gasteiger partial charge in [-0.1, -0.05) is 3.89 Å². The van der Waals surface area contributed by atoms with Crippen LogP contribution in [0, 0.1) is 6.92 Å². The molecule has 1 aromatic rings. The fraction of sp³-hybridized carbons (Fsp3) is 0.733. The molecule has 0 aromatic carbocycles. The van der Waals surface area contributed by atoms with Gasteiger partial charge >= 0.3 is 10.2 Å². The Bertz CT molecular complexity index is 849. The molecule has 0 bridgehead atoms. The van der Waals surface area contributed by atoms with Crippen molar-refractivity contribution < 1.29 is 12.3 Å². The summed E-state index contributed by atoms with van der Waals surface area (Å²) in [6, 6.07) is 0. The minimum Gasteiger partial charge on any atom is -0.370 e. The van der Waals surface area contributed by atoms with Crippen LogP contribution in [0.2, 0.25) is 0 Å². The van der Waals surface area contributed by atoms with Gasteiger partial charge in [0.15, 0.2) is 0 Å². The normalized spacial score (nSPS) is 17.5. The van der Waals surface area contributed by atoms with E-state index >= 15 is 0 Å². The quantitative estimate of drug-likeness (QED) is 0.478. The summed E-state index contributed by atoms with van der Waals surface area (Å²) >= 11 is 0. The van der Waals surface area contributed by atoms with E-state index in [9.17, 15) is 12.3 Å². The first kappa shape index (κ1) is 21.9. The fourth-order valence-corrected chi connectivity index (χ4v) is 2.79. The Kier molecular flexibility index (Phi) is 6.47. The molecule has 0 atom stereocenters. The number of nitrogens with one attached hydrogen (secondary N) is 3. The molecule has 0 fully saturated rings. The van der Waals surface area contributed by atoms with Crippen molar-refractivity contribution in [1.29, 1.82) is 0 Å². The number of H-pyrrole nitrogens is 1. The molecule has 11 nitrogen and oxygen atoms in total. The van der Waals surface area contributed by atoms with E-state index < -0.39 is 26.5 Å². The highest BCUT2D eigenvalue weighted by molar-refractivity contribution is 7.86. The van der Waals surface area contributed by atoms with Crippen molar-refractivity contribution in [3.8, 4) is 0 Å². The highest BCUT2D eigenvalue weighted by Gasteiger charge is 2.31. The summed E-state index contributed by atoms with van der Waals surface area (Å²) in [5.41, 5.74) is -0.792. The second-order valence-corrected chi connectivity index (χ2v) is 8.51. The summed E-state index contributed by atoms with van der Waals surface area (Å²) in [5.74, 6) is 2.10. The molecule has 0 unspecified atom stereocenters. The highest BCUT2D eigenvalue weighted by Crippen LogP contribution is 2.19. The number of aromatic nitrogens is 3. The van der Waals surface area contributed by atoms with Crippen LogP contribution < -0.4 is 10.6 Å². The van der Waals surface area contributed by atoms with E-state index in [-0.39, 0.29) is 5.82 Å². The van der Waals surface area contributed by atoms with Gasteiger partial charge in [0.25, 0.3) is 5.16 Å². The predicted molar refractivity (Wildman–Crippen MR) is 103 cm³/mol. The second kappa shape index (κ2) is 8.29. The third-order valence-electron chi connectivity index (χ3n) is 3.85. The van der Waals surface area contributed by atoms with Crippen molar-refractivity contribution >= 4 is 21.9 Å². The van der Waals surface area contributed by atoms with Gasteiger partial charge in [0.05, 0.1) is 13.1 Å². The van der Waals surface area contributed by atoms with Gasteiger partial charge in [-0.05, 0) is 34.6 Å². The molecule has 2 aliphatic heterocycles. The maximum absolute atomic E-state index is 12.0. The van der Waals surface area contributed by atoms with Crippen molar-refractivity contribution in [1.82, 2.24) is 25.8 Å². The van der Waals surface area contributed by atoms with Gasteiger partial charge in [-0.2, -0.15) is 18.6 Å². The molecule has 13 heteroatoms. The number of hydrogen-bond acceptors (Lipinski definition) is 10. The molecule has 2 aliphatic rings. The van der Waals surface area contributed by atoms with Gasteiger partial charge in [-0.3, -0.25) is 15.1 Å². The number of hydrogen-bond donors (Lipinski definition) is 3. The van der Waals surface area contributed by atoms with Crippen LogP contribution in [-0.2, 0) is 10.2 Å². The average molecular weight is 415 g/mol. The van der Waals surface area contributed by atoms with Gasteiger partial charge in [-0.15, -0.1) is 5.10 Å². The van der Waals surface area contributed by atoms with Gasteiger partial charge in [0.1, 0.15) is 28.6 Å². The summed E-state index contributed by atoms with van der Waals surface area (Å²) in [6.07, 6.45) is 0. The van der Waals surface area contributed by atoms with E-state index in [2.05, 4.69) is 46.0 Å². The van der Waals surface area contributed by atoms with Gasteiger partial charge in [0, 0.05) is 13.1 Å². The Morgan fingerprint density at radius 3 is 1.68 bits per heavy atom. The highest BCUT2D eigenvalue weighted by atomic mass is 32.3. The third-order valence-corrected chi connectivity index (χ3v) is 4.47. The molecule has 0 spiro atoms. The zero-order valence-corrected chi connectivity index (χ0v) is 17.4. The average Bonchev–Trinajstić information content (AvgIpc) is 3.34. The standard InChI is InChI=1S/C12H22N6.C3H4FN3O2S/c1-11(2,9-13-5-6-14-9)17-18-12(3,4)10-15-7-8-16-10;1-2-5-3(7-6-2)10(4,8)9/h5-8H2,1-4H3,(H,13,14)(H,15,16);1H3,(H,5,6,7). The summed E-state index contributed by atoms with van der Waals surface area (Å²) in [7, 11) is -4.74. The summed E-state index contributed by atoms with van der Waals surface area (Å²) in [4.78, 5) is 12.1. The Labute approximate surface area is 163 Å². The molecule has 156 valence electrons. The van der Waals surface area contributed by atoms with Crippen LogP contribution in [-0.4, -0.2) is 72.5 Å². The summed E-state index contributed by atoms with van der Waals surface area (Å²) in [5, 5.41) is 19.9. The molecule has 3 rings (SSSR count). The van der Waals surface area contributed by atoms with E-state index in [1.807, 2.05) is 27.7 Å². The number of aryl methyl sites for hydroxylation is 1. The van der Waals surface area contributed by atoms with Crippen molar-refractivity contribution in [2.45, 2.75) is 50.9 Å². The topological polar surface area (TPSA) is 149 Å². The molecule has 0 amide bonds. The number of nitrogens with zero attached hydrogens (tertiary/aromatic N) is 6. The van der Waals surface area contributed by atoms with Gasteiger partial charge in [-0.25, -0.2) is 4.98 Å². The predicted octanol–water partition coefficient (Wildman–Crippen LogP) is 0.771. The van der Waals surface area contributed by atoms with E-state index in [1.165, 1.54) is 6.92 Å². The minimum atomic E-state index is -4.74. The molecule has 0 radical (unpaired) electrons. The van der Waals surface area contributed by atoms with Crippen LogP contribution in [0.25, 0.3) is 0 Å². The van der Waals surface area contributed by atoms with Crippen LogP contribution in [0.4, 0.5) is 3.89 Å².